The van der Waals surface area contributed by atoms with Crippen LogP contribution in [0.25, 0.3) is 5.70 Å². The molecule has 13 heavy (non-hydrogen) atoms. The van der Waals surface area contributed by atoms with E-state index in [0.717, 1.165) is 11.4 Å². The molecular weight excluding hydrogens is 160 g/mol. The third-order valence-electron chi connectivity index (χ3n) is 2.38. The number of rotatable bonds is 1. The van der Waals surface area contributed by atoms with Crippen LogP contribution in [-0.4, -0.2) is 0 Å². The van der Waals surface area contributed by atoms with Crippen molar-refractivity contribution in [3.8, 4) is 0 Å². The highest BCUT2D eigenvalue weighted by atomic mass is 15.4. The van der Waals surface area contributed by atoms with Gasteiger partial charge in [-0.05, 0) is 23.6 Å². The number of anilines is 1. The zero-order valence-corrected chi connectivity index (χ0v) is 8.02. The zero-order chi connectivity index (χ0) is 9.42. The Morgan fingerprint density at radius 1 is 1.23 bits per heavy atom. The van der Waals surface area contributed by atoms with Gasteiger partial charge in [0.25, 0.3) is 0 Å². The molecule has 0 aliphatic carbocycles. The topological polar surface area (TPSA) is 24.1 Å². The summed E-state index contributed by atoms with van der Waals surface area (Å²) in [5, 5.41) is 0. The molecule has 1 heterocycles. The third kappa shape index (κ3) is 1.28. The van der Waals surface area contributed by atoms with E-state index in [-0.39, 0.29) is 0 Å². The van der Waals surface area contributed by atoms with Gasteiger partial charge in [0.1, 0.15) is 0 Å². The van der Waals surface area contributed by atoms with Crippen LogP contribution in [0.2, 0.25) is 0 Å². The number of hydrogen-bond acceptors (Lipinski definition) is 2. The van der Waals surface area contributed by atoms with Gasteiger partial charge in [-0.2, -0.15) is 0 Å². The van der Waals surface area contributed by atoms with Crippen LogP contribution in [0.3, 0.4) is 0 Å². The number of fused-ring (bicyclic) bond motifs is 1. The average molecular weight is 174 g/mol. The smallest absolute Gasteiger partial charge is 0.0633 e. The minimum absolute atomic E-state index is 0.568. The molecule has 0 aromatic heterocycles. The van der Waals surface area contributed by atoms with Crippen molar-refractivity contribution < 1.29 is 0 Å². The molecule has 0 amide bonds. The Hall–Kier alpha value is -1.44. The normalized spacial score (nSPS) is 13.9. The van der Waals surface area contributed by atoms with Gasteiger partial charge in [-0.15, -0.1) is 0 Å². The molecular formula is C11H14N2. The minimum Gasteiger partial charge on any atom is -0.301 e. The third-order valence-corrected chi connectivity index (χ3v) is 2.38. The van der Waals surface area contributed by atoms with Crippen LogP contribution >= 0.6 is 0 Å². The summed E-state index contributed by atoms with van der Waals surface area (Å²) in [6.45, 7) is 8.31. The predicted octanol–water partition coefficient (Wildman–Crippen LogP) is 2.71. The van der Waals surface area contributed by atoms with Gasteiger partial charge in [-0.3, -0.25) is 0 Å². The van der Waals surface area contributed by atoms with Crippen molar-refractivity contribution >= 4 is 11.4 Å². The molecule has 0 fully saturated rings. The second-order valence-corrected chi connectivity index (χ2v) is 3.69. The van der Waals surface area contributed by atoms with Crippen molar-refractivity contribution in [3.63, 3.8) is 0 Å². The van der Waals surface area contributed by atoms with Gasteiger partial charge < -0.3 is 10.9 Å². The first-order valence-corrected chi connectivity index (χ1v) is 4.53. The van der Waals surface area contributed by atoms with E-state index in [2.05, 4.69) is 49.5 Å². The maximum absolute atomic E-state index is 3.92. The van der Waals surface area contributed by atoms with Crippen LogP contribution in [0.1, 0.15) is 30.9 Å². The highest BCUT2D eigenvalue weighted by Crippen LogP contribution is 2.29. The molecule has 0 atom stereocenters. The quantitative estimate of drug-likeness (QED) is 0.684. The first kappa shape index (κ1) is 8.17. The molecule has 0 spiro atoms. The molecule has 0 radical (unpaired) electrons. The Balaban J connectivity index is 2.48. The van der Waals surface area contributed by atoms with E-state index in [4.69, 9.17) is 0 Å². The summed E-state index contributed by atoms with van der Waals surface area (Å²) in [6, 6.07) is 6.43. The summed E-state index contributed by atoms with van der Waals surface area (Å²) in [7, 11) is 0. The van der Waals surface area contributed by atoms with E-state index in [9.17, 15) is 0 Å². The zero-order valence-electron chi connectivity index (χ0n) is 8.02. The lowest BCUT2D eigenvalue weighted by Gasteiger charge is -2.06. The molecule has 0 saturated carbocycles. The second kappa shape index (κ2) is 2.80. The highest BCUT2D eigenvalue weighted by Gasteiger charge is 2.13. The van der Waals surface area contributed by atoms with Gasteiger partial charge in [0.2, 0.25) is 0 Å². The van der Waals surface area contributed by atoms with E-state index in [1.165, 1.54) is 11.1 Å². The van der Waals surface area contributed by atoms with Crippen LogP contribution in [0.5, 0.6) is 0 Å². The number of hydrogen-bond donors (Lipinski definition) is 2. The molecule has 2 N–H and O–H groups in total. The Labute approximate surface area is 78.6 Å². The molecule has 2 rings (SSSR count). The van der Waals surface area contributed by atoms with Crippen molar-refractivity contribution in [1.82, 2.24) is 5.43 Å². The molecule has 2 heteroatoms. The predicted molar refractivity (Wildman–Crippen MR) is 56.3 cm³/mol. The average Bonchev–Trinajstić information content (AvgIpc) is 2.47. The first-order valence-electron chi connectivity index (χ1n) is 4.53. The van der Waals surface area contributed by atoms with Crippen LogP contribution in [0.15, 0.2) is 24.8 Å². The van der Waals surface area contributed by atoms with Crippen LogP contribution < -0.4 is 10.9 Å². The lowest BCUT2D eigenvalue weighted by atomic mass is 9.99. The van der Waals surface area contributed by atoms with Gasteiger partial charge in [0.05, 0.1) is 11.4 Å². The monoisotopic (exact) mass is 174 g/mol. The van der Waals surface area contributed by atoms with Gasteiger partial charge in [0.15, 0.2) is 0 Å². The van der Waals surface area contributed by atoms with E-state index in [0.29, 0.717) is 5.92 Å². The molecule has 0 saturated heterocycles. The lowest BCUT2D eigenvalue weighted by molar-refractivity contribution is 0.866. The van der Waals surface area contributed by atoms with Crippen molar-refractivity contribution in [2.75, 3.05) is 5.43 Å². The van der Waals surface area contributed by atoms with Crippen LogP contribution in [-0.2, 0) is 0 Å². The minimum atomic E-state index is 0.568. The SMILES string of the molecule is C=C1NNc2ccc(C(C)C)cc21. The summed E-state index contributed by atoms with van der Waals surface area (Å²) >= 11 is 0. The largest absolute Gasteiger partial charge is 0.301 e. The van der Waals surface area contributed by atoms with Crippen molar-refractivity contribution in [3.05, 3.63) is 35.9 Å². The van der Waals surface area contributed by atoms with Crippen LogP contribution in [0, 0.1) is 0 Å². The summed E-state index contributed by atoms with van der Waals surface area (Å²) in [6.07, 6.45) is 0. The Kier molecular flexibility index (Phi) is 1.76. The van der Waals surface area contributed by atoms with Gasteiger partial charge >= 0.3 is 0 Å². The number of benzene rings is 1. The Bertz CT molecular complexity index is 353. The van der Waals surface area contributed by atoms with E-state index < -0.39 is 0 Å². The molecule has 1 aromatic carbocycles. The van der Waals surface area contributed by atoms with Crippen molar-refractivity contribution in [2.24, 2.45) is 0 Å². The summed E-state index contributed by atoms with van der Waals surface area (Å²) < 4.78 is 0. The first-order chi connectivity index (χ1) is 6.18. The summed E-state index contributed by atoms with van der Waals surface area (Å²) in [4.78, 5) is 0. The lowest BCUT2D eigenvalue weighted by Crippen LogP contribution is -2.09. The summed E-state index contributed by atoms with van der Waals surface area (Å²) in [5.74, 6) is 0.568. The molecule has 1 aliphatic heterocycles. The number of hydrazine groups is 1. The fraction of sp³-hybridized carbons (Fsp3) is 0.273. The molecule has 1 aromatic rings. The molecule has 0 bridgehead atoms. The van der Waals surface area contributed by atoms with E-state index in [1.807, 2.05) is 0 Å². The Morgan fingerprint density at radius 2 is 2.00 bits per heavy atom. The van der Waals surface area contributed by atoms with Crippen molar-refractivity contribution in [2.45, 2.75) is 19.8 Å². The standard InChI is InChI=1S/C11H14N2/c1-7(2)9-4-5-11-10(6-9)8(3)12-13-11/h4-7,12-13H,3H2,1-2H3. The molecule has 0 unspecified atom stereocenters. The molecule has 1 aliphatic rings. The fourth-order valence-electron chi connectivity index (χ4n) is 1.49. The molecule has 68 valence electrons. The van der Waals surface area contributed by atoms with Crippen LogP contribution in [0.4, 0.5) is 5.69 Å². The van der Waals surface area contributed by atoms with E-state index in [1.54, 1.807) is 0 Å². The maximum atomic E-state index is 3.92. The summed E-state index contributed by atoms with van der Waals surface area (Å²) in [5.41, 5.74) is 10.7. The maximum Gasteiger partial charge on any atom is 0.0633 e. The highest BCUT2D eigenvalue weighted by molar-refractivity contribution is 5.80. The van der Waals surface area contributed by atoms with Crippen molar-refractivity contribution in [1.29, 1.82) is 0 Å². The van der Waals surface area contributed by atoms with E-state index >= 15 is 0 Å². The fourth-order valence-corrected chi connectivity index (χ4v) is 1.49. The second-order valence-electron chi connectivity index (χ2n) is 3.69. The van der Waals surface area contributed by atoms with Gasteiger partial charge in [-0.1, -0.05) is 26.5 Å². The number of nitrogens with one attached hydrogen (secondary N) is 2. The Morgan fingerprint density at radius 3 is 2.69 bits per heavy atom. The van der Waals surface area contributed by atoms with Gasteiger partial charge in [-0.25, -0.2) is 0 Å². The van der Waals surface area contributed by atoms with Gasteiger partial charge in [0, 0.05) is 5.56 Å². The molecule has 2 nitrogen and oxygen atoms in total.